The van der Waals surface area contributed by atoms with Crippen LogP contribution in [0.4, 0.5) is 0 Å². The van der Waals surface area contributed by atoms with E-state index in [0.717, 1.165) is 25.2 Å². The highest BCUT2D eigenvalue weighted by molar-refractivity contribution is 5.75. The Morgan fingerprint density at radius 2 is 2.04 bits per heavy atom. The van der Waals surface area contributed by atoms with Crippen molar-refractivity contribution in [2.45, 2.75) is 38.8 Å². The van der Waals surface area contributed by atoms with Gasteiger partial charge in [-0.05, 0) is 43.8 Å². The van der Waals surface area contributed by atoms with Crippen molar-refractivity contribution in [1.29, 1.82) is 0 Å². The number of hydrogen-bond donors (Lipinski definition) is 2. The Hall–Kier alpha value is -2.21. The molecule has 2 aromatic rings. The molecule has 1 aromatic heterocycles. The number of hydrogen-bond acceptors (Lipinski definition) is 4. The fourth-order valence-corrected chi connectivity index (χ4v) is 3.05. The van der Waals surface area contributed by atoms with Crippen LogP contribution in [0.15, 0.2) is 36.5 Å². The molecule has 0 saturated carbocycles. The first kappa shape index (κ1) is 16.6. The van der Waals surface area contributed by atoms with E-state index < -0.39 is 0 Å². The number of nitrogens with one attached hydrogen (secondary N) is 2. The number of piperidine rings is 1. The summed E-state index contributed by atoms with van der Waals surface area (Å²) in [5.74, 6) is 0.787. The van der Waals surface area contributed by atoms with Crippen molar-refractivity contribution in [1.82, 2.24) is 25.6 Å². The molecule has 1 fully saturated rings. The number of benzene rings is 1. The summed E-state index contributed by atoms with van der Waals surface area (Å²) in [4.78, 5) is 12.0. The molecule has 24 heavy (non-hydrogen) atoms. The predicted molar refractivity (Wildman–Crippen MR) is 92.2 cm³/mol. The molecule has 0 spiro atoms. The molecule has 1 saturated heterocycles. The van der Waals surface area contributed by atoms with E-state index in [2.05, 4.69) is 33.1 Å². The summed E-state index contributed by atoms with van der Waals surface area (Å²) in [6.07, 6.45) is 5.83. The predicted octanol–water partition coefficient (Wildman–Crippen LogP) is 1.72. The molecule has 128 valence electrons. The number of nitrogens with zero attached hydrogens (tertiary/aromatic N) is 3. The molecule has 0 aliphatic carbocycles. The van der Waals surface area contributed by atoms with E-state index >= 15 is 0 Å². The van der Waals surface area contributed by atoms with Gasteiger partial charge in [0.2, 0.25) is 5.91 Å². The van der Waals surface area contributed by atoms with Gasteiger partial charge in [0.15, 0.2) is 0 Å². The third-order valence-electron chi connectivity index (χ3n) is 4.48. The first-order valence-electron chi connectivity index (χ1n) is 8.70. The van der Waals surface area contributed by atoms with Crippen molar-refractivity contribution >= 4 is 5.91 Å². The molecule has 2 N–H and O–H groups in total. The Morgan fingerprint density at radius 3 is 2.83 bits per heavy atom. The molecular weight excluding hydrogens is 302 g/mol. The van der Waals surface area contributed by atoms with Gasteiger partial charge in [0.25, 0.3) is 0 Å². The molecule has 1 aromatic carbocycles. The molecule has 6 heteroatoms. The molecule has 0 atom stereocenters. The first-order valence-corrected chi connectivity index (χ1v) is 8.70. The molecule has 0 bridgehead atoms. The van der Waals surface area contributed by atoms with Gasteiger partial charge < -0.3 is 10.6 Å². The van der Waals surface area contributed by atoms with Gasteiger partial charge in [-0.1, -0.05) is 35.5 Å². The maximum Gasteiger partial charge on any atom is 0.220 e. The van der Waals surface area contributed by atoms with Crippen molar-refractivity contribution < 1.29 is 4.79 Å². The fourth-order valence-electron chi connectivity index (χ4n) is 3.05. The Labute approximate surface area is 142 Å². The minimum atomic E-state index is 0.103. The van der Waals surface area contributed by atoms with Gasteiger partial charge in [0.05, 0.1) is 19.3 Å². The number of carbonyl (C=O) groups is 1. The summed E-state index contributed by atoms with van der Waals surface area (Å²) in [6.45, 7) is 3.30. The van der Waals surface area contributed by atoms with Crippen molar-refractivity contribution in [3.05, 3.63) is 47.8 Å². The third-order valence-corrected chi connectivity index (χ3v) is 4.48. The van der Waals surface area contributed by atoms with Crippen LogP contribution >= 0.6 is 0 Å². The van der Waals surface area contributed by atoms with Crippen LogP contribution < -0.4 is 10.6 Å². The monoisotopic (exact) mass is 327 g/mol. The van der Waals surface area contributed by atoms with Crippen LogP contribution in [0.1, 0.15) is 36.9 Å². The lowest BCUT2D eigenvalue weighted by molar-refractivity contribution is -0.121. The zero-order chi connectivity index (χ0) is 16.6. The SMILES string of the molecule is O=C(CCC1CCNCC1)NCc1cn(Cc2ccccc2)nn1. The average molecular weight is 327 g/mol. The highest BCUT2D eigenvalue weighted by atomic mass is 16.1. The minimum Gasteiger partial charge on any atom is -0.350 e. The van der Waals surface area contributed by atoms with E-state index in [1.807, 2.05) is 24.4 Å². The molecule has 0 radical (unpaired) electrons. The highest BCUT2D eigenvalue weighted by Gasteiger charge is 2.14. The largest absolute Gasteiger partial charge is 0.350 e. The summed E-state index contributed by atoms with van der Waals surface area (Å²) in [6, 6.07) is 10.1. The van der Waals surface area contributed by atoms with Gasteiger partial charge in [0, 0.05) is 6.42 Å². The molecule has 0 unspecified atom stereocenters. The quantitative estimate of drug-likeness (QED) is 0.812. The maximum absolute atomic E-state index is 12.0. The summed E-state index contributed by atoms with van der Waals surface area (Å²) >= 11 is 0. The van der Waals surface area contributed by atoms with Crippen LogP contribution in [0, 0.1) is 5.92 Å². The second-order valence-corrected chi connectivity index (χ2v) is 6.40. The lowest BCUT2D eigenvalue weighted by Crippen LogP contribution is -2.29. The first-order chi connectivity index (χ1) is 11.8. The topological polar surface area (TPSA) is 71.8 Å². The van der Waals surface area contributed by atoms with Crippen LogP contribution in [-0.2, 0) is 17.9 Å². The Bertz CT molecular complexity index is 634. The smallest absolute Gasteiger partial charge is 0.220 e. The van der Waals surface area contributed by atoms with Crippen LogP contribution in [0.3, 0.4) is 0 Å². The molecule has 1 aliphatic rings. The lowest BCUT2D eigenvalue weighted by Gasteiger charge is -2.22. The van der Waals surface area contributed by atoms with Crippen molar-refractivity contribution in [2.75, 3.05) is 13.1 Å². The van der Waals surface area contributed by atoms with E-state index in [4.69, 9.17) is 0 Å². The van der Waals surface area contributed by atoms with Gasteiger partial charge in [0.1, 0.15) is 5.69 Å². The third kappa shape index (κ3) is 5.16. The molecule has 1 amide bonds. The second kappa shape index (κ2) is 8.59. The van der Waals surface area contributed by atoms with Crippen LogP contribution in [0.5, 0.6) is 0 Å². The Morgan fingerprint density at radius 1 is 1.25 bits per heavy atom. The molecule has 6 nitrogen and oxygen atoms in total. The average Bonchev–Trinajstić information content (AvgIpc) is 3.07. The zero-order valence-electron chi connectivity index (χ0n) is 13.9. The van der Waals surface area contributed by atoms with Crippen molar-refractivity contribution in [2.24, 2.45) is 5.92 Å². The van der Waals surface area contributed by atoms with Gasteiger partial charge in [-0.25, -0.2) is 4.68 Å². The molecule has 1 aliphatic heterocycles. The highest BCUT2D eigenvalue weighted by Crippen LogP contribution is 2.17. The van der Waals surface area contributed by atoms with Crippen molar-refractivity contribution in [3.63, 3.8) is 0 Å². The number of carbonyl (C=O) groups excluding carboxylic acids is 1. The van der Waals surface area contributed by atoms with Crippen LogP contribution in [0.25, 0.3) is 0 Å². The number of aromatic nitrogens is 3. The Kier molecular flexibility index (Phi) is 5.96. The fraction of sp³-hybridized carbons (Fsp3) is 0.500. The number of amides is 1. The lowest BCUT2D eigenvalue weighted by atomic mass is 9.93. The second-order valence-electron chi connectivity index (χ2n) is 6.40. The van der Waals surface area contributed by atoms with E-state index in [9.17, 15) is 4.79 Å². The van der Waals surface area contributed by atoms with E-state index in [1.165, 1.54) is 18.4 Å². The van der Waals surface area contributed by atoms with Gasteiger partial charge in [-0.3, -0.25) is 4.79 Å². The Balaban J connectivity index is 1.39. The molecule has 2 heterocycles. The van der Waals surface area contributed by atoms with E-state index in [0.29, 0.717) is 25.4 Å². The number of rotatable bonds is 7. The maximum atomic E-state index is 12.0. The van der Waals surface area contributed by atoms with Gasteiger partial charge >= 0.3 is 0 Å². The zero-order valence-corrected chi connectivity index (χ0v) is 13.9. The molecular formula is C18H25N5O. The van der Waals surface area contributed by atoms with Gasteiger partial charge in [-0.15, -0.1) is 5.10 Å². The summed E-state index contributed by atoms with van der Waals surface area (Å²) in [5, 5.41) is 14.5. The standard InChI is InChI=1S/C18H25N5O/c24-18(7-6-15-8-10-19-11-9-15)20-12-17-14-23(22-21-17)13-16-4-2-1-3-5-16/h1-5,14-15,19H,6-13H2,(H,20,24). The van der Waals surface area contributed by atoms with E-state index in [1.54, 1.807) is 4.68 Å². The summed E-state index contributed by atoms with van der Waals surface area (Å²) in [7, 11) is 0. The normalized spacial score (nSPS) is 15.3. The summed E-state index contributed by atoms with van der Waals surface area (Å²) < 4.78 is 1.80. The van der Waals surface area contributed by atoms with Crippen molar-refractivity contribution in [3.8, 4) is 0 Å². The minimum absolute atomic E-state index is 0.103. The van der Waals surface area contributed by atoms with Gasteiger partial charge in [-0.2, -0.15) is 0 Å². The molecule has 3 rings (SSSR count). The summed E-state index contributed by atoms with van der Waals surface area (Å²) in [5.41, 5.74) is 1.97. The van der Waals surface area contributed by atoms with Crippen LogP contribution in [-0.4, -0.2) is 34.0 Å². The van der Waals surface area contributed by atoms with E-state index in [-0.39, 0.29) is 5.91 Å². The van der Waals surface area contributed by atoms with Crippen LogP contribution in [0.2, 0.25) is 0 Å².